The first-order valence-corrected chi connectivity index (χ1v) is 7.98. The minimum atomic E-state index is -0.133. The second-order valence-corrected chi connectivity index (χ2v) is 6.01. The Labute approximate surface area is 141 Å². The van der Waals surface area contributed by atoms with Crippen LogP contribution in [0.25, 0.3) is 38.3 Å². The number of aromatic amines is 2. The van der Waals surface area contributed by atoms with Crippen LogP contribution in [-0.4, -0.2) is 15.0 Å². The van der Waals surface area contributed by atoms with E-state index < -0.39 is 0 Å². The molecule has 5 nitrogen and oxygen atoms in total. The Balaban J connectivity index is 1.97. The topological polar surface area (TPSA) is 70.7 Å². The maximum atomic E-state index is 13.0. The van der Waals surface area contributed by atoms with Gasteiger partial charge in [0.25, 0.3) is 0 Å². The fourth-order valence-electron chi connectivity index (χ4n) is 3.36. The van der Waals surface area contributed by atoms with Crippen molar-refractivity contribution in [2.45, 2.75) is 0 Å². The fraction of sp³-hybridized carbons (Fsp3) is 0. The van der Waals surface area contributed by atoms with Crippen LogP contribution in [0.5, 0.6) is 0 Å². The molecular weight excluding hydrogens is 314 g/mol. The molecule has 2 N–H and O–H groups in total. The average molecular weight is 327 g/mol. The molecule has 0 saturated heterocycles. The lowest BCUT2D eigenvalue weighted by molar-refractivity contribution is 0.766. The second kappa shape index (κ2) is 4.95. The van der Waals surface area contributed by atoms with Crippen molar-refractivity contribution in [2.75, 3.05) is 0 Å². The molecule has 25 heavy (non-hydrogen) atoms. The van der Waals surface area contributed by atoms with Crippen molar-refractivity contribution in [3.63, 3.8) is 0 Å². The number of nitrogens with zero attached hydrogens (tertiary/aromatic N) is 1. The SMILES string of the molecule is O=c1c2ccccc2c(=O)c2c1ccc1[nH]n(-c3ccccc3)[nH]c12. The minimum absolute atomic E-state index is 0.118. The van der Waals surface area contributed by atoms with E-state index in [2.05, 4.69) is 10.2 Å². The number of hydrogen-bond donors (Lipinski definition) is 2. The Morgan fingerprint density at radius 1 is 0.640 bits per heavy atom. The molecule has 0 atom stereocenters. The zero-order chi connectivity index (χ0) is 17.0. The first-order valence-electron chi connectivity index (χ1n) is 7.98. The summed E-state index contributed by atoms with van der Waals surface area (Å²) in [5.41, 5.74) is 2.05. The van der Waals surface area contributed by atoms with Gasteiger partial charge in [0.1, 0.15) is 0 Å². The molecule has 0 aliphatic carbocycles. The summed E-state index contributed by atoms with van der Waals surface area (Å²) >= 11 is 0. The summed E-state index contributed by atoms with van der Waals surface area (Å²) in [5.74, 6) is 0. The van der Waals surface area contributed by atoms with E-state index in [1.807, 2.05) is 36.4 Å². The molecule has 1 heterocycles. The Kier molecular flexibility index (Phi) is 2.73. The number of para-hydroxylation sites is 1. The molecule has 0 radical (unpaired) electrons. The van der Waals surface area contributed by atoms with Gasteiger partial charge >= 0.3 is 0 Å². The number of aromatic nitrogens is 3. The highest BCUT2D eigenvalue weighted by molar-refractivity contribution is 6.09. The van der Waals surface area contributed by atoms with Gasteiger partial charge in [-0.1, -0.05) is 42.5 Å². The Morgan fingerprint density at radius 3 is 2.08 bits per heavy atom. The van der Waals surface area contributed by atoms with Crippen LogP contribution in [0.15, 0.2) is 76.3 Å². The maximum Gasteiger partial charge on any atom is 0.196 e. The first kappa shape index (κ1) is 13.8. The zero-order valence-electron chi connectivity index (χ0n) is 13.1. The van der Waals surface area contributed by atoms with E-state index in [9.17, 15) is 9.59 Å². The number of rotatable bonds is 1. The summed E-state index contributed by atoms with van der Waals surface area (Å²) in [6.45, 7) is 0. The first-order chi connectivity index (χ1) is 12.2. The second-order valence-electron chi connectivity index (χ2n) is 6.01. The quantitative estimate of drug-likeness (QED) is 0.464. The lowest BCUT2D eigenvalue weighted by atomic mass is 10.0. The molecule has 0 spiro atoms. The van der Waals surface area contributed by atoms with Crippen molar-refractivity contribution in [3.05, 3.63) is 87.2 Å². The summed E-state index contributed by atoms with van der Waals surface area (Å²) < 4.78 is 0. The maximum absolute atomic E-state index is 13.0. The van der Waals surface area contributed by atoms with Crippen LogP contribution in [0.3, 0.4) is 0 Å². The van der Waals surface area contributed by atoms with Gasteiger partial charge in [0.15, 0.2) is 10.9 Å². The normalized spacial score (nSPS) is 11.5. The lowest BCUT2D eigenvalue weighted by Crippen LogP contribution is -2.13. The van der Waals surface area contributed by atoms with Gasteiger partial charge < -0.3 is 0 Å². The smallest absolute Gasteiger partial charge is 0.196 e. The molecular formula is C20H13N3O2. The van der Waals surface area contributed by atoms with E-state index in [0.717, 1.165) is 11.2 Å². The predicted molar refractivity (Wildman–Crippen MR) is 99.5 cm³/mol. The standard InChI is InChI=1S/C20H13N3O2/c24-19-13-8-4-5-9-14(13)20(25)17-15(19)10-11-16-18(17)22-23(21-16)12-6-2-1-3-7-12/h1-11,21-22H. The largest absolute Gasteiger partial charge is 0.289 e. The lowest BCUT2D eigenvalue weighted by Gasteiger charge is -2.01. The van der Waals surface area contributed by atoms with Gasteiger partial charge in [0.05, 0.1) is 22.1 Å². The predicted octanol–water partition coefficient (Wildman–Crippen LogP) is 3.31. The molecule has 0 bridgehead atoms. The Morgan fingerprint density at radius 2 is 1.32 bits per heavy atom. The van der Waals surface area contributed by atoms with Gasteiger partial charge in [0, 0.05) is 16.2 Å². The number of H-pyrrole nitrogens is 2. The van der Waals surface area contributed by atoms with Gasteiger partial charge in [-0.15, -0.1) is 0 Å². The molecule has 1 aromatic heterocycles. The Hall–Kier alpha value is -3.60. The molecule has 5 rings (SSSR count). The fourth-order valence-corrected chi connectivity index (χ4v) is 3.36. The Bertz CT molecular complexity index is 1380. The number of nitrogens with one attached hydrogen (secondary N) is 2. The summed E-state index contributed by atoms with van der Waals surface area (Å²) in [6.07, 6.45) is 0. The third-order valence-electron chi connectivity index (χ3n) is 4.56. The summed E-state index contributed by atoms with van der Waals surface area (Å²) in [7, 11) is 0. The molecule has 0 unspecified atom stereocenters. The van der Waals surface area contributed by atoms with E-state index >= 15 is 0 Å². The summed E-state index contributed by atoms with van der Waals surface area (Å²) in [4.78, 5) is 27.5. The molecule has 0 aliphatic rings. The monoisotopic (exact) mass is 327 g/mol. The van der Waals surface area contributed by atoms with Crippen molar-refractivity contribution in [1.29, 1.82) is 0 Å². The van der Waals surface area contributed by atoms with Crippen LogP contribution in [0.1, 0.15) is 0 Å². The highest BCUT2D eigenvalue weighted by atomic mass is 16.1. The molecule has 0 aliphatic heterocycles. The molecule has 120 valence electrons. The number of fused-ring (bicyclic) bond motifs is 4. The van der Waals surface area contributed by atoms with Gasteiger partial charge in [-0.3, -0.25) is 19.8 Å². The van der Waals surface area contributed by atoms with E-state index in [0.29, 0.717) is 27.1 Å². The van der Waals surface area contributed by atoms with Crippen molar-refractivity contribution < 1.29 is 0 Å². The van der Waals surface area contributed by atoms with Gasteiger partial charge in [-0.05, 0) is 24.3 Å². The average Bonchev–Trinajstić information content (AvgIpc) is 3.10. The van der Waals surface area contributed by atoms with Crippen LogP contribution < -0.4 is 10.9 Å². The number of hydrogen-bond acceptors (Lipinski definition) is 2. The molecule has 5 heteroatoms. The van der Waals surface area contributed by atoms with Gasteiger partial charge in [-0.25, -0.2) is 0 Å². The highest BCUT2D eigenvalue weighted by Crippen LogP contribution is 2.21. The zero-order valence-corrected chi connectivity index (χ0v) is 13.1. The molecule has 4 aromatic carbocycles. The van der Waals surface area contributed by atoms with E-state index in [1.54, 1.807) is 35.1 Å². The summed E-state index contributed by atoms with van der Waals surface area (Å²) in [6, 6.07) is 20.2. The van der Waals surface area contributed by atoms with Crippen molar-refractivity contribution >= 4 is 32.6 Å². The highest BCUT2D eigenvalue weighted by Gasteiger charge is 2.14. The number of benzene rings is 4. The molecule has 0 fully saturated rings. The van der Waals surface area contributed by atoms with Gasteiger partial charge in [-0.2, -0.15) is 4.80 Å². The van der Waals surface area contributed by atoms with Crippen LogP contribution >= 0.6 is 0 Å². The van der Waals surface area contributed by atoms with Crippen LogP contribution in [0.4, 0.5) is 0 Å². The third-order valence-corrected chi connectivity index (χ3v) is 4.56. The van der Waals surface area contributed by atoms with E-state index in [4.69, 9.17) is 0 Å². The summed E-state index contributed by atoms with van der Waals surface area (Å²) in [5, 5.41) is 8.20. The third kappa shape index (κ3) is 1.89. The van der Waals surface area contributed by atoms with E-state index in [-0.39, 0.29) is 10.9 Å². The van der Waals surface area contributed by atoms with Crippen molar-refractivity contribution in [2.24, 2.45) is 0 Å². The van der Waals surface area contributed by atoms with Crippen LogP contribution in [0, 0.1) is 0 Å². The molecule has 5 aromatic rings. The van der Waals surface area contributed by atoms with Crippen molar-refractivity contribution in [1.82, 2.24) is 15.0 Å². The van der Waals surface area contributed by atoms with Gasteiger partial charge in [0.2, 0.25) is 0 Å². The minimum Gasteiger partial charge on any atom is -0.289 e. The molecule has 0 amide bonds. The van der Waals surface area contributed by atoms with Crippen molar-refractivity contribution in [3.8, 4) is 5.69 Å². The van der Waals surface area contributed by atoms with Crippen LogP contribution in [-0.2, 0) is 0 Å². The van der Waals surface area contributed by atoms with E-state index in [1.165, 1.54) is 0 Å². The molecule has 0 saturated carbocycles. The van der Waals surface area contributed by atoms with Crippen LogP contribution in [0.2, 0.25) is 0 Å².